The molecule has 4 atom stereocenters. The number of fused-ring (bicyclic) bond motifs is 4. The molecule has 2 aliphatic rings. The van der Waals surface area contributed by atoms with Crippen molar-refractivity contribution < 1.29 is 14.7 Å². The number of aliphatic hydroxyl groups is 1. The van der Waals surface area contributed by atoms with Crippen LogP contribution in [0.4, 0.5) is 0 Å². The van der Waals surface area contributed by atoms with E-state index in [1.54, 1.807) is 45.9 Å². The van der Waals surface area contributed by atoms with Crippen molar-refractivity contribution in [1.82, 2.24) is 14.8 Å². The molecule has 1 aromatic carbocycles. The Hall–Kier alpha value is -3.19. The van der Waals surface area contributed by atoms with E-state index >= 15 is 0 Å². The third kappa shape index (κ3) is 3.56. The Kier molecular flexibility index (Phi) is 6.28. The second kappa shape index (κ2) is 9.12. The van der Waals surface area contributed by atoms with Gasteiger partial charge >= 0.3 is 0 Å². The normalized spacial score (nSPS) is 23.9. The fraction of sp³-hybridized carbons (Fsp3) is 0.400. The Balaban J connectivity index is 1.86. The Labute approximate surface area is 187 Å². The number of allylic oxidation sites excluding steroid dienone is 1. The predicted molar refractivity (Wildman–Crippen MR) is 122 cm³/mol. The quantitative estimate of drug-likeness (QED) is 0.728. The number of aliphatic hydroxyl groups excluding tert-OH is 1. The number of rotatable bonds is 6. The molecule has 2 bridgehead atoms. The summed E-state index contributed by atoms with van der Waals surface area (Å²) in [6.07, 6.45) is 4.35. The van der Waals surface area contributed by atoms with Crippen molar-refractivity contribution in [2.45, 2.75) is 38.9 Å². The van der Waals surface area contributed by atoms with Crippen LogP contribution in [0.5, 0.6) is 0 Å². The van der Waals surface area contributed by atoms with Gasteiger partial charge in [-0.3, -0.25) is 14.4 Å². The topological polar surface area (TPSA) is 91.6 Å². The maximum absolute atomic E-state index is 13.6. The molecule has 2 aromatic rings. The first-order valence-corrected chi connectivity index (χ1v) is 11.2. The van der Waals surface area contributed by atoms with E-state index < -0.39 is 23.9 Å². The second-order valence-corrected chi connectivity index (χ2v) is 8.38. The Morgan fingerprint density at radius 3 is 2.59 bits per heavy atom. The Morgan fingerprint density at radius 2 is 1.94 bits per heavy atom. The van der Waals surface area contributed by atoms with Crippen molar-refractivity contribution >= 4 is 17.9 Å². The van der Waals surface area contributed by atoms with Gasteiger partial charge in [0.05, 0.1) is 18.0 Å². The van der Waals surface area contributed by atoms with Crippen molar-refractivity contribution in [3.63, 3.8) is 0 Å². The summed E-state index contributed by atoms with van der Waals surface area (Å²) in [5.41, 5.74) is 1.58. The molecular formula is C25H29N3O4. The summed E-state index contributed by atoms with van der Waals surface area (Å²) in [6, 6.07) is 11.4. The molecule has 2 N–H and O–H groups in total. The fourth-order valence-electron chi connectivity index (χ4n) is 5.10. The number of nitrogens with one attached hydrogen (secondary N) is 1. The first-order valence-electron chi connectivity index (χ1n) is 11.2. The molecule has 1 aromatic heterocycles. The number of pyridine rings is 1. The van der Waals surface area contributed by atoms with Gasteiger partial charge in [-0.2, -0.15) is 0 Å². The van der Waals surface area contributed by atoms with E-state index in [4.69, 9.17) is 0 Å². The maximum Gasteiger partial charge on any atom is 0.258 e. The van der Waals surface area contributed by atoms with Gasteiger partial charge in [0.15, 0.2) is 0 Å². The number of carbonyl (C=O) groups is 2. The average Bonchev–Trinajstić information content (AvgIpc) is 3.06. The first-order chi connectivity index (χ1) is 15.5. The zero-order valence-electron chi connectivity index (χ0n) is 18.4. The summed E-state index contributed by atoms with van der Waals surface area (Å²) in [5.74, 6) is -1.48. The van der Waals surface area contributed by atoms with E-state index in [0.29, 0.717) is 23.4 Å². The number of carbonyl (C=O) groups excluding carboxylic acids is 2. The molecule has 3 heterocycles. The lowest BCUT2D eigenvalue weighted by molar-refractivity contribution is -0.127. The first kappa shape index (κ1) is 22.0. The number of hydrogen-bond donors (Lipinski definition) is 2. The SMILES string of the molecule is C/C=C/c1ccc2n(c1=O)C[C@H]1[C@H](CO)[C@@H](C(=O)NCCC)[C@@H]2N1C(=O)c1ccccc1. The van der Waals surface area contributed by atoms with Gasteiger partial charge in [-0.1, -0.05) is 37.3 Å². The van der Waals surface area contributed by atoms with Crippen molar-refractivity contribution in [2.24, 2.45) is 11.8 Å². The molecule has 0 unspecified atom stereocenters. The van der Waals surface area contributed by atoms with Crippen molar-refractivity contribution in [1.29, 1.82) is 0 Å². The van der Waals surface area contributed by atoms with Crippen LogP contribution in [0.2, 0.25) is 0 Å². The summed E-state index contributed by atoms with van der Waals surface area (Å²) >= 11 is 0. The minimum absolute atomic E-state index is 0.145. The van der Waals surface area contributed by atoms with Gasteiger partial charge in [0, 0.05) is 42.4 Å². The highest BCUT2D eigenvalue weighted by molar-refractivity contribution is 5.96. The lowest BCUT2D eigenvalue weighted by Crippen LogP contribution is -2.49. The summed E-state index contributed by atoms with van der Waals surface area (Å²) in [4.78, 5) is 41.7. The molecule has 1 saturated heterocycles. The number of hydrogen-bond acceptors (Lipinski definition) is 4. The van der Waals surface area contributed by atoms with Gasteiger partial charge in [0.1, 0.15) is 0 Å². The largest absolute Gasteiger partial charge is 0.396 e. The molecule has 2 amide bonds. The smallest absolute Gasteiger partial charge is 0.258 e. The number of benzene rings is 1. The molecule has 0 radical (unpaired) electrons. The lowest BCUT2D eigenvalue weighted by Gasteiger charge is -2.38. The highest BCUT2D eigenvalue weighted by Gasteiger charge is 2.57. The average molecular weight is 436 g/mol. The molecule has 0 spiro atoms. The summed E-state index contributed by atoms with van der Waals surface area (Å²) in [7, 11) is 0. The third-order valence-corrected chi connectivity index (χ3v) is 6.53. The molecule has 32 heavy (non-hydrogen) atoms. The lowest BCUT2D eigenvalue weighted by atomic mass is 9.86. The second-order valence-electron chi connectivity index (χ2n) is 8.38. The van der Waals surface area contributed by atoms with Crippen LogP contribution in [-0.2, 0) is 11.3 Å². The minimum Gasteiger partial charge on any atom is -0.396 e. The van der Waals surface area contributed by atoms with Gasteiger partial charge in [0.25, 0.3) is 11.5 Å². The molecule has 2 aliphatic heterocycles. The fourth-order valence-corrected chi connectivity index (χ4v) is 5.10. The van der Waals surface area contributed by atoms with Crippen LogP contribution in [0.3, 0.4) is 0 Å². The standard InChI is InChI=1S/C25H29N3O4/c1-3-8-16-11-12-19-22-21(23(30)26-13-4-2)18(15-29)20(14-27(19)24(16)31)28(22)25(32)17-9-6-5-7-10-17/h3,5-12,18,20-22,29H,4,13-15H2,1-2H3,(H,26,30)/b8-3+/t18-,20-,21+,22+/m0/s1. The van der Waals surface area contributed by atoms with E-state index in [1.807, 2.05) is 32.1 Å². The molecular weight excluding hydrogens is 406 g/mol. The summed E-state index contributed by atoms with van der Waals surface area (Å²) in [5, 5.41) is 13.2. The van der Waals surface area contributed by atoms with E-state index in [2.05, 4.69) is 5.32 Å². The van der Waals surface area contributed by atoms with Crippen molar-refractivity contribution in [3.8, 4) is 0 Å². The van der Waals surface area contributed by atoms with Crippen molar-refractivity contribution in [3.05, 3.63) is 75.7 Å². The minimum atomic E-state index is -0.634. The van der Waals surface area contributed by atoms with E-state index in [1.165, 1.54) is 0 Å². The van der Waals surface area contributed by atoms with E-state index in [0.717, 1.165) is 6.42 Å². The molecule has 0 aliphatic carbocycles. The number of nitrogens with zero attached hydrogens (tertiary/aromatic N) is 2. The van der Waals surface area contributed by atoms with Crippen molar-refractivity contribution in [2.75, 3.05) is 13.2 Å². The molecule has 7 heteroatoms. The van der Waals surface area contributed by atoms with Gasteiger partial charge in [-0.25, -0.2) is 0 Å². The van der Waals surface area contributed by atoms with Crippen LogP contribution in [0.15, 0.2) is 53.3 Å². The maximum atomic E-state index is 13.6. The molecule has 4 rings (SSSR count). The monoisotopic (exact) mass is 435 g/mol. The zero-order chi connectivity index (χ0) is 22.8. The number of aromatic nitrogens is 1. The van der Waals surface area contributed by atoms with E-state index in [9.17, 15) is 19.5 Å². The van der Waals surface area contributed by atoms with Gasteiger partial charge in [-0.05, 0) is 37.6 Å². The molecule has 1 fully saturated rings. The predicted octanol–water partition coefficient (Wildman–Crippen LogP) is 2.21. The van der Waals surface area contributed by atoms with Gasteiger partial charge in [-0.15, -0.1) is 0 Å². The summed E-state index contributed by atoms with van der Waals surface area (Å²) in [6.45, 7) is 4.35. The Bertz CT molecular complexity index is 1090. The zero-order valence-corrected chi connectivity index (χ0v) is 18.4. The van der Waals surface area contributed by atoms with Crippen LogP contribution in [0.25, 0.3) is 6.08 Å². The molecule has 7 nitrogen and oxygen atoms in total. The van der Waals surface area contributed by atoms with Gasteiger partial charge in [0.2, 0.25) is 5.91 Å². The van der Waals surface area contributed by atoms with Crippen LogP contribution in [-0.4, -0.2) is 45.6 Å². The van der Waals surface area contributed by atoms with Crippen LogP contribution in [0.1, 0.15) is 47.9 Å². The molecule has 168 valence electrons. The Morgan fingerprint density at radius 1 is 1.19 bits per heavy atom. The van der Waals surface area contributed by atoms with Crippen LogP contribution in [0, 0.1) is 11.8 Å². The van der Waals surface area contributed by atoms with E-state index in [-0.39, 0.29) is 30.5 Å². The highest BCUT2D eigenvalue weighted by Crippen LogP contribution is 2.48. The third-order valence-electron chi connectivity index (χ3n) is 6.53. The molecule has 0 saturated carbocycles. The van der Waals surface area contributed by atoms with Crippen LogP contribution < -0.4 is 10.9 Å². The number of amides is 2. The van der Waals surface area contributed by atoms with Gasteiger partial charge < -0.3 is 19.9 Å². The summed E-state index contributed by atoms with van der Waals surface area (Å²) < 4.78 is 1.68. The van der Waals surface area contributed by atoms with Crippen LogP contribution >= 0.6 is 0 Å². The highest BCUT2D eigenvalue weighted by atomic mass is 16.3.